The molecule has 2 saturated heterocycles. The number of piperidine rings is 1. The first-order chi connectivity index (χ1) is 14.2. The lowest BCUT2D eigenvalue weighted by atomic mass is 10.1. The van der Waals surface area contributed by atoms with Gasteiger partial charge in [0.25, 0.3) is 0 Å². The number of aromatic hydroxyl groups is 1. The Bertz CT molecular complexity index is 825. The normalized spacial score (nSPS) is 18.0. The van der Waals surface area contributed by atoms with Crippen molar-refractivity contribution < 1.29 is 9.84 Å². The highest BCUT2D eigenvalue weighted by molar-refractivity contribution is 6.01. The standard InChI is InChI=1S/C20H27N7O2/c1-15(16-7-3-4-8-17(16)28)24-25-18-21-19(26-9-5-2-6-10-26)23-20(22-18)27-11-13-29-14-12-27/h3-4,7-8,28H,2,5-6,9-14H2,1H3,(H,21,22,23,25)/b24-15-. The highest BCUT2D eigenvalue weighted by Gasteiger charge is 2.20. The molecule has 0 spiro atoms. The van der Waals surface area contributed by atoms with Crippen LogP contribution in [0.3, 0.4) is 0 Å². The molecule has 0 amide bonds. The Morgan fingerprint density at radius 3 is 2.31 bits per heavy atom. The molecule has 0 bridgehead atoms. The van der Waals surface area contributed by atoms with Crippen LogP contribution in [-0.2, 0) is 4.74 Å². The molecule has 0 unspecified atom stereocenters. The van der Waals surface area contributed by atoms with Gasteiger partial charge in [-0.25, -0.2) is 5.43 Å². The summed E-state index contributed by atoms with van der Waals surface area (Å²) in [5.74, 6) is 1.91. The molecule has 2 aliphatic heterocycles. The fourth-order valence-corrected chi connectivity index (χ4v) is 3.52. The van der Waals surface area contributed by atoms with Gasteiger partial charge in [-0.1, -0.05) is 12.1 Å². The number of anilines is 3. The Hall–Kier alpha value is -2.94. The first kappa shape index (κ1) is 19.4. The second kappa shape index (κ2) is 9.04. The predicted octanol–water partition coefficient (Wildman–Crippen LogP) is 2.24. The molecule has 9 heteroatoms. The molecular weight excluding hydrogens is 370 g/mol. The van der Waals surface area contributed by atoms with Gasteiger partial charge in [0.2, 0.25) is 17.8 Å². The van der Waals surface area contributed by atoms with E-state index < -0.39 is 0 Å². The van der Waals surface area contributed by atoms with Crippen molar-refractivity contribution in [2.75, 3.05) is 54.6 Å². The van der Waals surface area contributed by atoms with E-state index in [9.17, 15) is 5.11 Å². The molecule has 9 nitrogen and oxygen atoms in total. The van der Waals surface area contributed by atoms with Crippen LogP contribution >= 0.6 is 0 Å². The van der Waals surface area contributed by atoms with Gasteiger partial charge in [0.1, 0.15) is 5.75 Å². The smallest absolute Gasteiger partial charge is 0.250 e. The SMILES string of the molecule is C/C(=N/Nc1nc(N2CCCCC2)nc(N2CCOCC2)n1)c1ccccc1O. The van der Waals surface area contributed by atoms with Gasteiger partial charge in [0.15, 0.2) is 0 Å². The van der Waals surface area contributed by atoms with Crippen molar-refractivity contribution in [1.29, 1.82) is 0 Å². The van der Waals surface area contributed by atoms with Gasteiger partial charge in [-0.3, -0.25) is 0 Å². The number of phenols is 1. The summed E-state index contributed by atoms with van der Waals surface area (Å²) in [6.07, 6.45) is 3.53. The number of ether oxygens (including phenoxy) is 1. The first-order valence-corrected chi connectivity index (χ1v) is 10.1. The molecule has 1 aromatic carbocycles. The van der Waals surface area contributed by atoms with Crippen LogP contribution in [0.5, 0.6) is 5.75 Å². The Labute approximate surface area is 170 Å². The van der Waals surface area contributed by atoms with Gasteiger partial charge in [-0.05, 0) is 38.3 Å². The summed E-state index contributed by atoms with van der Waals surface area (Å²) >= 11 is 0. The monoisotopic (exact) mass is 397 g/mol. The summed E-state index contributed by atoms with van der Waals surface area (Å²) in [6.45, 7) is 6.57. The van der Waals surface area contributed by atoms with Gasteiger partial charge in [0, 0.05) is 31.7 Å². The number of morpholine rings is 1. The van der Waals surface area contributed by atoms with Crippen molar-refractivity contribution in [3.05, 3.63) is 29.8 Å². The lowest BCUT2D eigenvalue weighted by molar-refractivity contribution is 0.122. The van der Waals surface area contributed by atoms with Crippen LogP contribution in [-0.4, -0.2) is 65.2 Å². The molecule has 29 heavy (non-hydrogen) atoms. The molecule has 2 N–H and O–H groups in total. The van der Waals surface area contributed by atoms with Gasteiger partial charge in [0.05, 0.1) is 18.9 Å². The van der Waals surface area contributed by atoms with E-state index in [0.29, 0.717) is 42.3 Å². The zero-order valence-corrected chi connectivity index (χ0v) is 16.7. The number of rotatable bonds is 5. The Morgan fingerprint density at radius 2 is 1.62 bits per heavy atom. The maximum atomic E-state index is 10.0. The van der Waals surface area contributed by atoms with Gasteiger partial charge in [-0.2, -0.15) is 20.1 Å². The number of hydrazone groups is 1. The maximum absolute atomic E-state index is 10.0. The van der Waals surface area contributed by atoms with E-state index in [2.05, 4.69) is 30.3 Å². The minimum atomic E-state index is 0.189. The van der Waals surface area contributed by atoms with E-state index in [1.165, 1.54) is 6.42 Å². The summed E-state index contributed by atoms with van der Waals surface area (Å²) in [5.41, 5.74) is 4.27. The third kappa shape index (κ3) is 4.73. The zero-order chi connectivity index (χ0) is 20.1. The van der Waals surface area contributed by atoms with Crippen molar-refractivity contribution in [2.24, 2.45) is 5.10 Å². The summed E-state index contributed by atoms with van der Waals surface area (Å²) in [5, 5.41) is 14.4. The molecule has 0 aliphatic carbocycles. The average molecular weight is 397 g/mol. The van der Waals surface area contributed by atoms with E-state index >= 15 is 0 Å². The first-order valence-electron chi connectivity index (χ1n) is 10.1. The number of para-hydroxylation sites is 1. The maximum Gasteiger partial charge on any atom is 0.250 e. The van der Waals surface area contributed by atoms with Crippen molar-refractivity contribution in [3.8, 4) is 5.75 Å². The number of aromatic nitrogens is 3. The molecule has 0 atom stereocenters. The van der Waals surface area contributed by atoms with Crippen LogP contribution in [0.1, 0.15) is 31.7 Å². The van der Waals surface area contributed by atoms with Crippen molar-refractivity contribution >= 4 is 23.6 Å². The second-order valence-electron chi connectivity index (χ2n) is 7.23. The second-order valence-corrected chi connectivity index (χ2v) is 7.23. The van der Waals surface area contributed by atoms with Crippen LogP contribution in [0, 0.1) is 0 Å². The van der Waals surface area contributed by atoms with Gasteiger partial charge in [-0.15, -0.1) is 0 Å². The molecule has 0 radical (unpaired) electrons. The molecule has 3 heterocycles. The minimum Gasteiger partial charge on any atom is -0.507 e. The molecule has 2 fully saturated rings. The van der Waals surface area contributed by atoms with Crippen LogP contribution in [0.15, 0.2) is 29.4 Å². The number of phenolic OH excluding ortho intramolecular Hbond substituents is 1. The molecule has 2 aromatic rings. The predicted molar refractivity (Wildman–Crippen MR) is 113 cm³/mol. The third-order valence-corrected chi connectivity index (χ3v) is 5.16. The number of hydrogen-bond donors (Lipinski definition) is 2. The molecular formula is C20H27N7O2. The molecule has 0 saturated carbocycles. The average Bonchev–Trinajstić information content (AvgIpc) is 2.79. The Kier molecular flexibility index (Phi) is 6.04. The molecule has 4 rings (SSSR count). The van der Waals surface area contributed by atoms with E-state index in [1.807, 2.05) is 19.1 Å². The van der Waals surface area contributed by atoms with E-state index in [1.54, 1.807) is 12.1 Å². The summed E-state index contributed by atoms with van der Waals surface area (Å²) in [4.78, 5) is 18.2. The highest BCUT2D eigenvalue weighted by Crippen LogP contribution is 2.21. The lowest BCUT2D eigenvalue weighted by Crippen LogP contribution is -2.38. The van der Waals surface area contributed by atoms with Crippen molar-refractivity contribution in [3.63, 3.8) is 0 Å². The van der Waals surface area contributed by atoms with Crippen LogP contribution < -0.4 is 15.2 Å². The largest absolute Gasteiger partial charge is 0.507 e. The van der Waals surface area contributed by atoms with Crippen LogP contribution in [0.25, 0.3) is 0 Å². The lowest BCUT2D eigenvalue weighted by Gasteiger charge is -2.30. The number of hydrogen-bond acceptors (Lipinski definition) is 9. The minimum absolute atomic E-state index is 0.189. The fraction of sp³-hybridized carbons (Fsp3) is 0.500. The highest BCUT2D eigenvalue weighted by atomic mass is 16.5. The summed E-state index contributed by atoms with van der Waals surface area (Å²) in [7, 11) is 0. The van der Waals surface area contributed by atoms with Gasteiger partial charge < -0.3 is 19.6 Å². The van der Waals surface area contributed by atoms with Gasteiger partial charge >= 0.3 is 0 Å². The topological polar surface area (TPSA) is 99.0 Å². The third-order valence-electron chi connectivity index (χ3n) is 5.16. The quantitative estimate of drug-likeness (QED) is 0.585. The number of benzene rings is 1. The Balaban J connectivity index is 1.60. The van der Waals surface area contributed by atoms with Crippen molar-refractivity contribution in [1.82, 2.24) is 15.0 Å². The summed E-state index contributed by atoms with van der Waals surface area (Å²) < 4.78 is 5.45. The van der Waals surface area contributed by atoms with Crippen molar-refractivity contribution in [2.45, 2.75) is 26.2 Å². The van der Waals surface area contributed by atoms with E-state index in [-0.39, 0.29) is 5.75 Å². The molecule has 154 valence electrons. The number of nitrogens with one attached hydrogen (secondary N) is 1. The van der Waals surface area contributed by atoms with E-state index in [4.69, 9.17) is 9.72 Å². The molecule has 1 aromatic heterocycles. The van der Waals surface area contributed by atoms with Crippen LogP contribution in [0.4, 0.5) is 17.8 Å². The summed E-state index contributed by atoms with van der Waals surface area (Å²) in [6, 6.07) is 7.11. The van der Waals surface area contributed by atoms with E-state index in [0.717, 1.165) is 39.0 Å². The number of nitrogens with zero attached hydrogens (tertiary/aromatic N) is 6. The molecule has 2 aliphatic rings. The van der Waals surface area contributed by atoms with Crippen LogP contribution in [0.2, 0.25) is 0 Å². The fourth-order valence-electron chi connectivity index (χ4n) is 3.52. The zero-order valence-electron chi connectivity index (χ0n) is 16.7. The Morgan fingerprint density at radius 1 is 0.966 bits per heavy atom.